The highest BCUT2D eigenvalue weighted by Gasteiger charge is 2.42. The Morgan fingerprint density at radius 2 is 1.76 bits per heavy atom. The van der Waals surface area contributed by atoms with Gasteiger partial charge in [-0.25, -0.2) is 0 Å². The molecule has 0 unspecified atom stereocenters. The van der Waals surface area contributed by atoms with Gasteiger partial charge in [0.05, 0.1) is 6.26 Å². The summed E-state index contributed by atoms with van der Waals surface area (Å²) in [5.41, 5.74) is 1.76. The highest BCUT2D eigenvalue weighted by atomic mass is 127. The third-order valence-electron chi connectivity index (χ3n) is 5.81. The van der Waals surface area contributed by atoms with Gasteiger partial charge in [-0.15, -0.1) is 24.0 Å². The first-order valence-corrected chi connectivity index (χ1v) is 10.0. The number of halogens is 1. The SMILES string of the molecule is CN=C(NCC1(Cc2ccccc2)CC1)N1CCN(C(=O)c2ccco2)CC1.I. The number of carbonyl (C=O) groups excluding carboxylic acids is 1. The fraction of sp³-hybridized carbons (Fsp3) is 0.455. The predicted molar refractivity (Wildman–Crippen MR) is 125 cm³/mol. The monoisotopic (exact) mass is 508 g/mol. The highest BCUT2D eigenvalue weighted by molar-refractivity contribution is 14.0. The number of amides is 1. The van der Waals surface area contributed by atoms with E-state index in [9.17, 15) is 4.79 Å². The molecule has 6 nitrogen and oxygen atoms in total. The average Bonchev–Trinajstić information content (AvgIpc) is 3.27. The van der Waals surface area contributed by atoms with Gasteiger partial charge in [0.15, 0.2) is 11.7 Å². The summed E-state index contributed by atoms with van der Waals surface area (Å²) in [6.45, 7) is 3.85. The van der Waals surface area contributed by atoms with Gasteiger partial charge in [0.25, 0.3) is 5.91 Å². The zero-order chi connectivity index (χ0) is 19.4. The number of furan rings is 1. The topological polar surface area (TPSA) is 61.1 Å². The molecular formula is C22H29IN4O2. The van der Waals surface area contributed by atoms with E-state index in [1.807, 2.05) is 11.9 Å². The lowest BCUT2D eigenvalue weighted by molar-refractivity contribution is 0.0657. The summed E-state index contributed by atoms with van der Waals surface area (Å²) in [4.78, 5) is 21.0. The molecule has 7 heteroatoms. The van der Waals surface area contributed by atoms with Crippen molar-refractivity contribution >= 4 is 35.8 Å². The summed E-state index contributed by atoms with van der Waals surface area (Å²) >= 11 is 0. The molecule has 1 aliphatic heterocycles. The maximum atomic E-state index is 12.4. The van der Waals surface area contributed by atoms with E-state index in [1.54, 1.807) is 18.4 Å². The van der Waals surface area contributed by atoms with Crippen LogP contribution in [0.1, 0.15) is 29.0 Å². The zero-order valence-corrected chi connectivity index (χ0v) is 19.2. The number of benzene rings is 1. The second-order valence-electron chi connectivity index (χ2n) is 7.82. The summed E-state index contributed by atoms with van der Waals surface area (Å²) in [6.07, 6.45) is 5.18. The normalized spacial score (nSPS) is 18.2. The average molecular weight is 508 g/mol. The van der Waals surface area contributed by atoms with Crippen LogP contribution in [0.4, 0.5) is 0 Å². The van der Waals surface area contributed by atoms with Gasteiger partial charge < -0.3 is 19.5 Å². The Balaban J connectivity index is 0.00000240. The Bertz CT molecular complexity index is 811. The lowest BCUT2D eigenvalue weighted by atomic mass is 9.96. The van der Waals surface area contributed by atoms with Crippen LogP contribution < -0.4 is 5.32 Å². The van der Waals surface area contributed by atoms with E-state index in [-0.39, 0.29) is 29.9 Å². The van der Waals surface area contributed by atoms with Crippen molar-refractivity contribution in [1.82, 2.24) is 15.1 Å². The summed E-state index contributed by atoms with van der Waals surface area (Å²) in [5, 5.41) is 3.59. The van der Waals surface area contributed by atoms with E-state index >= 15 is 0 Å². The molecule has 1 saturated heterocycles. The fourth-order valence-corrected chi connectivity index (χ4v) is 3.90. The zero-order valence-electron chi connectivity index (χ0n) is 16.8. The number of guanidine groups is 1. The number of aliphatic imine (C=N–C) groups is 1. The standard InChI is InChI=1S/C22H28N4O2.HI/c1-23-21(24-17-22(9-10-22)16-18-6-3-2-4-7-18)26-13-11-25(12-14-26)20(27)19-8-5-15-28-19;/h2-8,15H,9-14,16-17H2,1H3,(H,23,24);1H. The molecule has 4 rings (SSSR count). The number of piperazine rings is 1. The van der Waals surface area contributed by atoms with Gasteiger partial charge in [0.2, 0.25) is 0 Å². The molecule has 156 valence electrons. The molecule has 1 saturated carbocycles. The Hall–Kier alpha value is -2.03. The van der Waals surface area contributed by atoms with Crippen molar-refractivity contribution < 1.29 is 9.21 Å². The molecule has 0 bridgehead atoms. The minimum atomic E-state index is -0.0348. The molecule has 0 atom stereocenters. The lowest BCUT2D eigenvalue weighted by Crippen LogP contribution is -2.54. The third kappa shape index (κ3) is 5.32. The maximum absolute atomic E-state index is 12.4. The summed E-state index contributed by atoms with van der Waals surface area (Å²) < 4.78 is 5.23. The fourth-order valence-electron chi connectivity index (χ4n) is 3.90. The highest BCUT2D eigenvalue weighted by Crippen LogP contribution is 2.47. The predicted octanol–water partition coefficient (Wildman–Crippen LogP) is 3.25. The molecule has 2 fully saturated rings. The molecule has 2 aliphatic rings. The van der Waals surface area contributed by atoms with Gasteiger partial charge in [-0.2, -0.15) is 0 Å². The van der Waals surface area contributed by atoms with Crippen LogP contribution >= 0.6 is 24.0 Å². The summed E-state index contributed by atoms with van der Waals surface area (Å²) in [5.74, 6) is 1.31. The first kappa shape index (κ1) is 21.7. The maximum Gasteiger partial charge on any atom is 0.289 e. The van der Waals surface area contributed by atoms with Gasteiger partial charge >= 0.3 is 0 Å². The Morgan fingerprint density at radius 3 is 2.34 bits per heavy atom. The van der Waals surface area contributed by atoms with E-state index in [1.165, 1.54) is 18.4 Å². The molecule has 1 amide bonds. The molecule has 2 aromatic rings. The molecular weight excluding hydrogens is 479 g/mol. The summed E-state index contributed by atoms with van der Waals surface area (Å²) in [6, 6.07) is 14.2. The van der Waals surface area contributed by atoms with E-state index in [0.29, 0.717) is 24.3 Å². The molecule has 29 heavy (non-hydrogen) atoms. The minimum Gasteiger partial charge on any atom is -0.459 e. The first-order valence-electron chi connectivity index (χ1n) is 10.0. The first-order chi connectivity index (χ1) is 13.7. The number of carbonyl (C=O) groups is 1. The van der Waals surface area contributed by atoms with Crippen LogP contribution in [0.5, 0.6) is 0 Å². The van der Waals surface area contributed by atoms with Crippen LogP contribution in [0.15, 0.2) is 58.1 Å². The Labute approximate surface area is 189 Å². The molecule has 1 aliphatic carbocycles. The van der Waals surface area contributed by atoms with E-state index < -0.39 is 0 Å². The molecule has 0 spiro atoms. The second kappa shape index (κ2) is 9.65. The van der Waals surface area contributed by atoms with Crippen molar-refractivity contribution in [2.45, 2.75) is 19.3 Å². The van der Waals surface area contributed by atoms with Crippen LogP contribution in [0.25, 0.3) is 0 Å². The second-order valence-corrected chi connectivity index (χ2v) is 7.82. The molecule has 0 radical (unpaired) electrons. The number of hydrogen-bond acceptors (Lipinski definition) is 3. The van der Waals surface area contributed by atoms with Crippen molar-refractivity contribution in [3.05, 3.63) is 60.1 Å². The lowest BCUT2D eigenvalue weighted by Gasteiger charge is -2.36. The molecule has 2 heterocycles. The molecule has 1 aromatic carbocycles. The van der Waals surface area contributed by atoms with Crippen LogP contribution in [0.2, 0.25) is 0 Å². The molecule has 1 N–H and O–H groups in total. The van der Waals surface area contributed by atoms with E-state index in [0.717, 1.165) is 32.0 Å². The van der Waals surface area contributed by atoms with Crippen molar-refractivity contribution in [2.24, 2.45) is 10.4 Å². The third-order valence-corrected chi connectivity index (χ3v) is 5.81. The van der Waals surface area contributed by atoms with Gasteiger partial charge in [0.1, 0.15) is 0 Å². The minimum absolute atomic E-state index is 0. The Morgan fingerprint density at radius 1 is 1.07 bits per heavy atom. The number of hydrogen-bond donors (Lipinski definition) is 1. The van der Waals surface area contributed by atoms with Crippen LogP contribution in [0, 0.1) is 5.41 Å². The van der Waals surface area contributed by atoms with Crippen molar-refractivity contribution in [3.63, 3.8) is 0 Å². The summed E-state index contributed by atoms with van der Waals surface area (Å²) in [7, 11) is 1.83. The quantitative estimate of drug-likeness (QED) is 0.383. The van der Waals surface area contributed by atoms with Crippen molar-refractivity contribution in [2.75, 3.05) is 39.8 Å². The Kier molecular flexibility index (Phi) is 7.21. The molecule has 1 aromatic heterocycles. The van der Waals surface area contributed by atoms with Gasteiger partial charge in [-0.1, -0.05) is 30.3 Å². The van der Waals surface area contributed by atoms with E-state index in [4.69, 9.17) is 4.42 Å². The van der Waals surface area contributed by atoms with Crippen molar-refractivity contribution in [3.8, 4) is 0 Å². The van der Waals surface area contributed by atoms with Crippen LogP contribution in [-0.4, -0.2) is 61.4 Å². The number of nitrogens with zero attached hydrogens (tertiary/aromatic N) is 3. The van der Waals surface area contributed by atoms with Gasteiger partial charge in [-0.05, 0) is 42.4 Å². The van der Waals surface area contributed by atoms with Crippen LogP contribution in [0.3, 0.4) is 0 Å². The smallest absolute Gasteiger partial charge is 0.289 e. The largest absolute Gasteiger partial charge is 0.459 e. The van der Waals surface area contributed by atoms with Crippen LogP contribution in [-0.2, 0) is 6.42 Å². The van der Waals surface area contributed by atoms with Gasteiger partial charge in [0, 0.05) is 39.8 Å². The number of nitrogens with one attached hydrogen (secondary N) is 1. The number of rotatable bonds is 5. The van der Waals surface area contributed by atoms with Crippen molar-refractivity contribution in [1.29, 1.82) is 0 Å². The van der Waals surface area contributed by atoms with E-state index in [2.05, 4.69) is 45.5 Å². The van der Waals surface area contributed by atoms with Gasteiger partial charge in [-0.3, -0.25) is 9.79 Å².